The van der Waals surface area contributed by atoms with Crippen LogP contribution in [0.1, 0.15) is 15.9 Å². The molecule has 0 heterocycles. The first-order chi connectivity index (χ1) is 9.22. The van der Waals surface area contributed by atoms with Crippen molar-refractivity contribution < 1.29 is 28.2 Å². The standard InChI is InChI=1S/C11H13F2N3O4/c1-20-9-5(10(16)17)8(15)6(12)3(7(9)13)2-4(14)11(18)19/h4H,2,14-15H2,1H3,(H2,16,17)(H,18,19). The fourth-order valence-electron chi connectivity index (χ4n) is 1.66. The van der Waals surface area contributed by atoms with Crippen LogP contribution in [0.5, 0.6) is 5.75 Å². The summed E-state index contributed by atoms with van der Waals surface area (Å²) < 4.78 is 32.7. The number of halogens is 2. The molecule has 0 aliphatic carbocycles. The molecule has 0 aliphatic rings. The van der Waals surface area contributed by atoms with E-state index in [1.54, 1.807) is 0 Å². The molecule has 7 N–H and O–H groups in total. The van der Waals surface area contributed by atoms with Crippen molar-refractivity contribution in [3.63, 3.8) is 0 Å². The summed E-state index contributed by atoms with van der Waals surface area (Å²) in [4.78, 5) is 21.8. The lowest BCUT2D eigenvalue weighted by molar-refractivity contribution is -0.138. The number of rotatable bonds is 5. The summed E-state index contributed by atoms with van der Waals surface area (Å²) in [6.07, 6.45) is -0.660. The van der Waals surface area contributed by atoms with E-state index in [2.05, 4.69) is 4.74 Å². The Morgan fingerprint density at radius 1 is 1.35 bits per heavy atom. The predicted molar refractivity (Wildman–Crippen MR) is 65.2 cm³/mol. The van der Waals surface area contributed by atoms with E-state index in [0.717, 1.165) is 7.11 Å². The Morgan fingerprint density at radius 3 is 2.30 bits per heavy atom. The summed E-state index contributed by atoms with van der Waals surface area (Å²) in [5, 5.41) is 8.66. The highest BCUT2D eigenvalue weighted by molar-refractivity contribution is 6.01. The Hall–Kier alpha value is -2.42. The van der Waals surface area contributed by atoms with E-state index < -0.39 is 58.5 Å². The second kappa shape index (κ2) is 5.70. The van der Waals surface area contributed by atoms with E-state index in [9.17, 15) is 18.4 Å². The zero-order chi connectivity index (χ0) is 15.6. The smallest absolute Gasteiger partial charge is 0.320 e. The largest absolute Gasteiger partial charge is 0.493 e. The van der Waals surface area contributed by atoms with Crippen LogP contribution in [0.4, 0.5) is 14.5 Å². The van der Waals surface area contributed by atoms with Gasteiger partial charge in [-0.3, -0.25) is 9.59 Å². The molecule has 1 rings (SSSR count). The highest BCUT2D eigenvalue weighted by Crippen LogP contribution is 2.34. The average molecular weight is 289 g/mol. The second-order valence-corrected chi connectivity index (χ2v) is 3.94. The number of hydrogen-bond donors (Lipinski definition) is 4. The van der Waals surface area contributed by atoms with Gasteiger partial charge in [0.15, 0.2) is 17.4 Å². The van der Waals surface area contributed by atoms with E-state index >= 15 is 0 Å². The third-order valence-corrected chi connectivity index (χ3v) is 2.65. The lowest BCUT2D eigenvalue weighted by Gasteiger charge is -2.16. The highest BCUT2D eigenvalue weighted by Gasteiger charge is 2.28. The van der Waals surface area contributed by atoms with Gasteiger partial charge < -0.3 is 27.0 Å². The molecule has 0 saturated heterocycles. The normalized spacial score (nSPS) is 12.0. The number of nitrogen functional groups attached to an aromatic ring is 1. The predicted octanol–water partition coefficient (Wildman–Crippen LogP) is -0.391. The van der Waals surface area contributed by atoms with Gasteiger partial charge in [0.1, 0.15) is 11.6 Å². The third-order valence-electron chi connectivity index (χ3n) is 2.65. The molecule has 0 saturated carbocycles. The van der Waals surface area contributed by atoms with Crippen molar-refractivity contribution >= 4 is 17.6 Å². The molecule has 0 spiro atoms. The van der Waals surface area contributed by atoms with Crippen LogP contribution in [0.3, 0.4) is 0 Å². The van der Waals surface area contributed by atoms with Gasteiger partial charge in [0, 0.05) is 12.0 Å². The van der Waals surface area contributed by atoms with Gasteiger partial charge in [0.05, 0.1) is 12.8 Å². The van der Waals surface area contributed by atoms with Crippen LogP contribution in [0.15, 0.2) is 0 Å². The summed E-state index contributed by atoms with van der Waals surface area (Å²) in [6.45, 7) is 0. The van der Waals surface area contributed by atoms with Crippen molar-refractivity contribution in [2.75, 3.05) is 12.8 Å². The number of carboxylic acid groups (broad SMARTS) is 1. The first kappa shape index (κ1) is 15.6. The molecule has 1 atom stereocenters. The lowest BCUT2D eigenvalue weighted by atomic mass is 9.99. The minimum atomic E-state index is -1.54. The fourth-order valence-corrected chi connectivity index (χ4v) is 1.66. The van der Waals surface area contributed by atoms with Gasteiger partial charge in [-0.05, 0) is 0 Å². The number of aliphatic carboxylic acids is 1. The Kier molecular flexibility index (Phi) is 4.45. The van der Waals surface area contributed by atoms with Gasteiger partial charge in [0.2, 0.25) is 0 Å². The molecular formula is C11H13F2N3O4. The van der Waals surface area contributed by atoms with Crippen LogP contribution in [-0.2, 0) is 11.2 Å². The van der Waals surface area contributed by atoms with Crippen LogP contribution in [0.25, 0.3) is 0 Å². The number of ether oxygens (including phenoxy) is 1. The number of benzene rings is 1. The molecule has 0 radical (unpaired) electrons. The van der Waals surface area contributed by atoms with Gasteiger partial charge >= 0.3 is 5.97 Å². The summed E-state index contributed by atoms with van der Waals surface area (Å²) in [5.41, 5.74) is 13.5. The molecule has 1 aromatic carbocycles. The quantitative estimate of drug-likeness (QED) is 0.544. The monoisotopic (exact) mass is 289 g/mol. The molecule has 0 bridgehead atoms. The topological polar surface area (TPSA) is 142 Å². The molecule has 0 aliphatic heterocycles. The van der Waals surface area contributed by atoms with Crippen LogP contribution in [0.2, 0.25) is 0 Å². The van der Waals surface area contributed by atoms with Crippen LogP contribution < -0.4 is 21.9 Å². The molecule has 20 heavy (non-hydrogen) atoms. The molecule has 0 aromatic heterocycles. The SMILES string of the molecule is COc1c(F)c(CC(N)C(=O)O)c(F)c(N)c1C(N)=O. The summed E-state index contributed by atoms with van der Waals surface area (Å²) in [5.74, 6) is -5.81. The minimum Gasteiger partial charge on any atom is -0.493 e. The number of amides is 1. The molecule has 1 amide bonds. The number of carbonyl (C=O) groups excluding carboxylic acids is 1. The molecule has 1 unspecified atom stereocenters. The van der Waals surface area contributed by atoms with Crippen molar-refractivity contribution in [3.05, 3.63) is 22.8 Å². The summed E-state index contributed by atoms with van der Waals surface area (Å²) in [6, 6.07) is -1.54. The van der Waals surface area contributed by atoms with Gasteiger partial charge in [-0.25, -0.2) is 8.78 Å². The zero-order valence-corrected chi connectivity index (χ0v) is 10.4. The van der Waals surface area contributed by atoms with Crippen molar-refractivity contribution in [2.45, 2.75) is 12.5 Å². The van der Waals surface area contributed by atoms with Gasteiger partial charge in [-0.1, -0.05) is 0 Å². The third kappa shape index (κ3) is 2.62. The summed E-state index contributed by atoms with van der Waals surface area (Å²) >= 11 is 0. The van der Waals surface area contributed by atoms with E-state index in [4.69, 9.17) is 22.3 Å². The maximum atomic E-state index is 14.1. The fraction of sp³-hybridized carbons (Fsp3) is 0.273. The minimum absolute atomic E-state index is 0.643. The number of methoxy groups -OCH3 is 1. The van der Waals surface area contributed by atoms with Crippen molar-refractivity contribution in [2.24, 2.45) is 11.5 Å². The second-order valence-electron chi connectivity index (χ2n) is 3.94. The number of carboxylic acids is 1. The van der Waals surface area contributed by atoms with Gasteiger partial charge in [-0.2, -0.15) is 0 Å². The van der Waals surface area contributed by atoms with Gasteiger partial charge in [0.25, 0.3) is 5.91 Å². The van der Waals surface area contributed by atoms with E-state index in [0.29, 0.717) is 0 Å². The van der Waals surface area contributed by atoms with Crippen molar-refractivity contribution in [1.82, 2.24) is 0 Å². The molecule has 1 aromatic rings. The lowest BCUT2D eigenvalue weighted by Crippen LogP contribution is -2.33. The van der Waals surface area contributed by atoms with Crippen LogP contribution in [0, 0.1) is 11.6 Å². The molecule has 110 valence electrons. The maximum Gasteiger partial charge on any atom is 0.320 e. The number of nitrogens with two attached hydrogens (primary N) is 3. The average Bonchev–Trinajstić information content (AvgIpc) is 2.37. The zero-order valence-electron chi connectivity index (χ0n) is 10.4. The highest BCUT2D eigenvalue weighted by atomic mass is 19.1. The van der Waals surface area contributed by atoms with E-state index in [-0.39, 0.29) is 0 Å². The van der Waals surface area contributed by atoms with E-state index in [1.165, 1.54) is 0 Å². The molecule has 7 nitrogen and oxygen atoms in total. The number of carbonyl (C=O) groups is 2. The Labute approximate surface area is 112 Å². The Morgan fingerprint density at radius 2 is 1.90 bits per heavy atom. The molecular weight excluding hydrogens is 276 g/mol. The van der Waals surface area contributed by atoms with Crippen LogP contribution >= 0.6 is 0 Å². The van der Waals surface area contributed by atoms with Crippen molar-refractivity contribution in [1.29, 1.82) is 0 Å². The summed E-state index contributed by atoms with van der Waals surface area (Å²) in [7, 11) is 1.03. The Balaban J connectivity index is 3.52. The van der Waals surface area contributed by atoms with Crippen molar-refractivity contribution in [3.8, 4) is 5.75 Å². The number of anilines is 1. The van der Waals surface area contributed by atoms with Crippen LogP contribution in [-0.4, -0.2) is 30.1 Å². The number of hydrogen-bond acceptors (Lipinski definition) is 5. The molecule has 0 fully saturated rings. The first-order valence-electron chi connectivity index (χ1n) is 5.33. The number of primary amides is 1. The molecule has 9 heteroatoms. The maximum absolute atomic E-state index is 14.1. The first-order valence-corrected chi connectivity index (χ1v) is 5.33. The van der Waals surface area contributed by atoms with E-state index in [1.807, 2.05) is 0 Å². The Bertz CT molecular complexity index is 578. The van der Waals surface area contributed by atoms with Gasteiger partial charge in [-0.15, -0.1) is 0 Å².